The molecule has 92 valence electrons. The lowest BCUT2D eigenvalue weighted by Crippen LogP contribution is -1.99. The van der Waals surface area contributed by atoms with Crippen molar-refractivity contribution in [3.8, 4) is 0 Å². The van der Waals surface area contributed by atoms with Gasteiger partial charge in [-0.1, -0.05) is 49.1 Å². The van der Waals surface area contributed by atoms with Crippen molar-refractivity contribution in [2.45, 2.75) is 0 Å². The molecule has 0 radical (unpaired) electrons. The predicted octanol–water partition coefficient (Wildman–Crippen LogP) is 4.96. The summed E-state index contributed by atoms with van der Waals surface area (Å²) in [6.45, 7) is 3.76. The van der Waals surface area contributed by atoms with Gasteiger partial charge < -0.3 is 0 Å². The van der Waals surface area contributed by atoms with Crippen molar-refractivity contribution < 1.29 is 0 Å². The van der Waals surface area contributed by atoms with Gasteiger partial charge in [0, 0.05) is 21.4 Å². The van der Waals surface area contributed by atoms with E-state index in [-0.39, 0.29) is 0 Å². The number of rotatable bonds is 3. The highest BCUT2D eigenvalue weighted by atomic mass is 32.1. The van der Waals surface area contributed by atoms with Gasteiger partial charge in [0.2, 0.25) is 0 Å². The van der Waals surface area contributed by atoms with E-state index in [4.69, 9.17) is 5.41 Å². The molecule has 2 heteroatoms. The van der Waals surface area contributed by atoms with Crippen molar-refractivity contribution in [1.82, 2.24) is 0 Å². The van der Waals surface area contributed by atoms with Crippen LogP contribution in [-0.4, -0.2) is 5.71 Å². The molecule has 0 aliphatic heterocycles. The third-order valence-corrected chi connectivity index (χ3v) is 4.08. The van der Waals surface area contributed by atoms with E-state index in [1.807, 2.05) is 35.7 Å². The van der Waals surface area contributed by atoms with Crippen LogP contribution < -0.4 is 0 Å². The Bertz CT molecular complexity index is 768. The van der Waals surface area contributed by atoms with Crippen molar-refractivity contribution in [3.63, 3.8) is 0 Å². The minimum absolute atomic E-state index is 0.565. The summed E-state index contributed by atoms with van der Waals surface area (Å²) in [7, 11) is 0. The molecule has 0 aliphatic rings. The Balaban J connectivity index is 2.03. The molecule has 3 rings (SSSR count). The lowest BCUT2D eigenvalue weighted by molar-refractivity contribution is 1.48. The third kappa shape index (κ3) is 2.23. The number of benzene rings is 2. The first-order valence-corrected chi connectivity index (χ1v) is 6.95. The van der Waals surface area contributed by atoms with E-state index in [9.17, 15) is 0 Å². The van der Waals surface area contributed by atoms with Gasteiger partial charge in [0.1, 0.15) is 0 Å². The Morgan fingerprint density at radius 1 is 1.00 bits per heavy atom. The Labute approximate surface area is 116 Å². The van der Waals surface area contributed by atoms with Crippen molar-refractivity contribution in [3.05, 3.63) is 76.5 Å². The van der Waals surface area contributed by atoms with Gasteiger partial charge in [-0.25, -0.2) is 0 Å². The molecule has 0 atom stereocenters. The molecule has 0 unspecified atom stereocenters. The third-order valence-electron chi connectivity index (χ3n) is 3.15. The monoisotopic (exact) mass is 263 g/mol. The smallest absolute Gasteiger partial charge is 0.0693 e. The van der Waals surface area contributed by atoms with E-state index < -0.39 is 0 Å². The van der Waals surface area contributed by atoms with Crippen LogP contribution >= 0.6 is 11.3 Å². The molecular formula is C17H13NS. The lowest BCUT2D eigenvalue weighted by atomic mass is 10.0. The quantitative estimate of drug-likeness (QED) is 0.646. The maximum atomic E-state index is 8.31. The van der Waals surface area contributed by atoms with Crippen molar-refractivity contribution in [2.24, 2.45) is 0 Å². The van der Waals surface area contributed by atoms with Gasteiger partial charge in [0.25, 0.3) is 0 Å². The van der Waals surface area contributed by atoms with Gasteiger partial charge in [0.15, 0.2) is 0 Å². The van der Waals surface area contributed by atoms with Crippen LogP contribution in [0, 0.1) is 5.41 Å². The maximum absolute atomic E-state index is 8.31. The van der Waals surface area contributed by atoms with Crippen LogP contribution in [0.1, 0.15) is 16.0 Å². The summed E-state index contributed by atoms with van der Waals surface area (Å²) in [5, 5.41) is 12.7. The zero-order valence-corrected chi connectivity index (χ0v) is 11.2. The Morgan fingerprint density at radius 2 is 1.79 bits per heavy atom. The molecule has 0 spiro atoms. The van der Waals surface area contributed by atoms with Crippen LogP contribution in [0.15, 0.2) is 60.5 Å². The van der Waals surface area contributed by atoms with Gasteiger partial charge in [-0.05, 0) is 22.9 Å². The van der Waals surface area contributed by atoms with E-state index >= 15 is 0 Å². The molecule has 19 heavy (non-hydrogen) atoms. The minimum Gasteiger partial charge on any atom is -0.300 e. The number of hydrogen-bond donors (Lipinski definition) is 1. The summed E-state index contributed by atoms with van der Waals surface area (Å²) in [5.74, 6) is 0. The van der Waals surface area contributed by atoms with Crippen molar-refractivity contribution in [2.75, 3.05) is 0 Å². The summed E-state index contributed by atoms with van der Waals surface area (Å²) >= 11 is 1.62. The summed E-state index contributed by atoms with van der Waals surface area (Å²) in [4.78, 5) is 1.10. The van der Waals surface area contributed by atoms with E-state index in [1.54, 1.807) is 11.3 Å². The summed E-state index contributed by atoms with van der Waals surface area (Å²) in [6.07, 6.45) is 1.82. The first-order valence-electron chi connectivity index (χ1n) is 6.07. The second kappa shape index (κ2) is 4.82. The second-order valence-corrected chi connectivity index (χ2v) is 5.32. The molecule has 0 aliphatic carbocycles. The predicted molar refractivity (Wildman–Crippen MR) is 84.3 cm³/mol. The van der Waals surface area contributed by atoms with Crippen molar-refractivity contribution in [1.29, 1.82) is 5.41 Å². The fourth-order valence-corrected chi connectivity index (χ4v) is 2.84. The molecule has 3 aromatic rings. The number of fused-ring (bicyclic) bond motifs is 1. The van der Waals surface area contributed by atoms with Gasteiger partial charge in [-0.3, -0.25) is 5.41 Å². The molecule has 0 saturated heterocycles. The molecule has 1 heterocycles. The van der Waals surface area contributed by atoms with Crippen LogP contribution in [0.2, 0.25) is 0 Å². The van der Waals surface area contributed by atoms with Crippen LogP contribution in [0.3, 0.4) is 0 Å². The van der Waals surface area contributed by atoms with Gasteiger partial charge in [-0.15, -0.1) is 11.3 Å². The second-order valence-electron chi connectivity index (χ2n) is 4.38. The van der Waals surface area contributed by atoms with Crippen molar-refractivity contribution >= 4 is 33.9 Å². The van der Waals surface area contributed by atoms with E-state index in [2.05, 4.69) is 30.8 Å². The fourth-order valence-electron chi connectivity index (χ4n) is 2.10. The average molecular weight is 263 g/mol. The Kier molecular flexibility index (Phi) is 3.02. The average Bonchev–Trinajstić information content (AvgIpc) is 2.95. The largest absolute Gasteiger partial charge is 0.300 e. The van der Waals surface area contributed by atoms with Crippen LogP contribution in [0.25, 0.3) is 16.8 Å². The standard InChI is InChI=1S/C17H13NS/c1-2-16-10-15(11-19-16)17(18)14-8-7-12-5-3-4-6-13(12)9-14/h2-11,18H,1H2. The molecule has 0 amide bonds. The normalized spacial score (nSPS) is 10.5. The maximum Gasteiger partial charge on any atom is 0.0693 e. The SMILES string of the molecule is C=Cc1cc(C(=N)c2ccc3ccccc3c2)cs1. The van der Waals surface area contributed by atoms with Gasteiger partial charge >= 0.3 is 0 Å². The molecule has 0 saturated carbocycles. The Hall–Kier alpha value is -2.19. The zero-order valence-electron chi connectivity index (χ0n) is 10.4. The molecule has 0 fully saturated rings. The topological polar surface area (TPSA) is 23.9 Å². The van der Waals surface area contributed by atoms with E-state index in [0.717, 1.165) is 16.0 Å². The Morgan fingerprint density at radius 3 is 2.53 bits per heavy atom. The van der Waals surface area contributed by atoms with E-state index in [1.165, 1.54) is 10.8 Å². The molecule has 1 aromatic heterocycles. The van der Waals surface area contributed by atoms with Crippen LogP contribution in [0.4, 0.5) is 0 Å². The highest BCUT2D eigenvalue weighted by Gasteiger charge is 2.07. The number of hydrogen-bond acceptors (Lipinski definition) is 2. The summed E-state index contributed by atoms with van der Waals surface area (Å²) in [6, 6.07) is 16.4. The molecular weight excluding hydrogens is 250 g/mol. The molecule has 1 N–H and O–H groups in total. The summed E-state index contributed by atoms with van der Waals surface area (Å²) < 4.78 is 0. The highest BCUT2D eigenvalue weighted by molar-refractivity contribution is 7.11. The molecule has 1 nitrogen and oxygen atoms in total. The number of thiophene rings is 1. The van der Waals surface area contributed by atoms with E-state index in [0.29, 0.717) is 5.71 Å². The van der Waals surface area contributed by atoms with Crippen LogP contribution in [0.5, 0.6) is 0 Å². The van der Waals surface area contributed by atoms with Gasteiger partial charge in [0.05, 0.1) is 5.71 Å². The van der Waals surface area contributed by atoms with Gasteiger partial charge in [-0.2, -0.15) is 0 Å². The molecule has 2 aromatic carbocycles. The van der Waals surface area contributed by atoms with Crippen LogP contribution in [-0.2, 0) is 0 Å². The zero-order chi connectivity index (χ0) is 13.2. The molecule has 0 bridgehead atoms. The first-order chi connectivity index (χ1) is 9.28. The highest BCUT2D eigenvalue weighted by Crippen LogP contribution is 2.21. The first kappa shape index (κ1) is 11.9. The summed E-state index contributed by atoms with van der Waals surface area (Å²) in [5.41, 5.74) is 2.47. The minimum atomic E-state index is 0.565. The number of nitrogens with one attached hydrogen (secondary N) is 1. The fraction of sp³-hybridized carbons (Fsp3) is 0. The lowest BCUT2D eigenvalue weighted by Gasteiger charge is -2.04.